The van der Waals surface area contributed by atoms with E-state index in [2.05, 4.69) is 241 Å². The summed E-state index contributed by atoms with van der Waals surface area (Å²) >= 11 is 0. The Kier molecular flexibility index (Phi) is 9.33. The summed E-state index contributed by atoms with van der Waals surface area (Å²) in [7, 11) is 0. The summed E-state index contributed by atoms with van der Waals surface area (Å²) in [4.78, 5) is 2.40. The highest BCUT2D eigenvalue weighted by Crippen LogP contribution is 2.48. The monoisotopic (exact) mass is 825 g/mol. The zero-order valence-corrected chi connectivity index (χ0v) is 37.4. The number of furan rings is 1. The number of para-hydroxylation sites is 3. The van der Waals surface area contributed by atoms with Gasteiger partial charge in [0.05, 0.1) is 11.4 Å². The molecule has 0 aliphatic rings. The van der Waals surface area contributed by atoms with E-state index in [0.717, 1.165) is 44.6 Å². The van der Waals surface area contributed by atoms with Gasteiger partial charge in [-0.05, 0) is 112 Å². The summed E-state index contributed by atoms with van der Waals surface area (Å²) in [6.45, 7) is 13.9. The molecule has 0 fully saturated rings. The quantitative estimate of drug-likeness (QED) is 0.155. The molecular formula is C62H51NO. The average Bonchev–Trinajstić information content (AvgIpc) is 3.70. The van der Waals surface area contributed by atoms with Crippen LogP contribution < -0.4 is 4.90 Å². The molecule has 0 aliphatic heterocycles. The number of nitrogens with zero attached hydrogens (tertiary/aromatic N) is 1. The zero-order valence-electron chi connectivity index (χ0n) is 37.4. The van der Waals surface area contributed by atoms with E-state index in [9.17, 15) is 0 Å². The molecule has 0 saturated carbocycles. The second-order valence-electron chi connectivity index (χ2n) is 19.3. The van der Waals surface area contributed by atoms with Crippen molar-refractivity contribution in [3.05, 3.63) is 211 Å². The molecule has 0 atom stereocenters. The molecule has 11 rings (SSSR count). The molecule has 0 N–H and O–H groups in total. The fourth-order valence-electron chi connectivity index (χ4n) is 9.75. The molecule has 0 spiro atoms. The van der Waals surface area contributed by atoms with Crippen LogP contribution in [0, 0.1) is 0 Å². The van der Waals surface area contributed by atoms with Crippen LogP contribution in [0.4, 0.5) is 17.1 Å². The van der Waals surface area contributed by atoms with Crippen molar-refractivity contribution in [1.82, 2.24) is 0 Å². The number of benzene rings is 10. The van der Waals surface area contributed by atoms with Crippen molar-refractivity contribution >= 4 is 71.3 Å². The van der Waals surface area contributed by atoms with Crippen molar-refractivity contribution in [1.29, 1.82) is 0 Å². The van der Waals surface area contributed by atoms with Crippen LogP contribution in [0.1, 0.15) is 52.7 Å². The predicted molar refractivity (Wildman–Crippen MR) is 275 cm³/mol. The van der Waals surface area contributed by atoms with Crippen LogP contribution in [0.3, 0.4) is 0 Å². The molecule has 1 heterocycles. The molecule has 310 valence electrons. The lowest BCUT2D eigenvalue weighted by Gasteiger charge is -2.29. The highest BCUT2D eigenvalue weighted by molar-refractivity contribution is 6.14. The van der Waals surface area contributed by atoms with Crippen LogP contribution >= 0.6 is 0 Å². The van der Waals surface area contributed by atoms with Crippen molar-refractivity contribution in [2.45, 2.75) is 52.4 Å². The number of hydrogen-bond acceptors (Lipinski definition) is 2. The van der Waals surface area contributed by atoms with E-state index in [4.69, 9.17) is 4.42 Å². The third-order valence-electron chi connectivity index (χ3n) is 13.2. The molecule has 0 unspecified atom stereocenters. The lowest BCUT2D eigenvalue weighted by Crippen LogP contribution is -2.16. The van der Waals surface area contributed by atoms with Crippen LogP contribution in [0.25, 0.3) is 87.6 Å². The molecule has 2 heteroatoms. The summed E-state index contributed by atoms with van der Waals surface area (Å²) in [5.74, 6) is 0. The Morgan fingerprint density at radius 2 is 0.922 bits per heavy atom. The topological polar surface area (TPSA) is 16.4 Å². The Hall–Kier alpha value is -7.42. The standard InChI is InChI=1S/C62H51NO/c1-61(2,3)44-37-43(38-45(39-44)62(4,5)6)49-24-13-18-42-19-14-26-54(59(42)49)52-21-9-11-28-56(52)63(57-29-16-27-55-53-22-10-12-30-58(53)64-60(55)57)46-34-31-41(32-35-46)48-23-15-25-50-47-20-8-7-17-40(47)33-36-51(48)50/h7-39H,1-6H3. The highest BCUT2D eigenvalue weighted by Gasteiger charge is 2.25. The van der Waals surface area contributed by atoms with E-state index >= 15 is 0 Å². The lowest BCUT2D eigenvalue weighted by atomic mass is 9.78. The number of hydrogen-bond donors (Lipinski definition) is 0. The summed E-state index contributed by atoms with van der Waals surface area (Å²) in [6, 6.07) is 73.5. The van der Waals surface area contributed by atoms with E-state index in [0.29, 0.717) is 0 Å². The van der Waals surface area contributed by atoms with Crippen molar-refractivity contribution in [2.24, 2.45) is 0 Å². The Morgan fingerprint density at radius 1 is 0.359 bits per heavy atom. The van der Waals surface area contributed by atoms with Gasteiger partial charge in [-0.1, -0.05) is 211 Å². The molecule has 64 heavy (non-hydrogen) atoms. The van der Waals surface area contributed by atoms with Gasteiger partial charge in [-0.2, -0.15) is 0 Å². The third-order valence-corrected chi connectivity index (χ3v) is 13.2. The smallest absolute Gasteiger partial charge is 0.159 e. The Balaban J connectivity index is 1.13. The molecule has 2 nitrogen and oxygen atoms in total. The average molecular weight is 826 g/mol. The molecule has 0 radical (unpaired) electrons. The molecule has 0 saturated heterocycles. The first kappa shape index (κ1) is 39.4. The maximum Gasteiger partial charge on any atom is 0.159 e. The molecular weight excluding hydrogens is 775 g/mol. The van der Waals surface area contributed by atoms with E-state index in [1.54, 1.807) is 0 Å². The number of rotatable bonds is 6. The van der Waals surface area contributed by atoms with E-state index in [1.807, 2.05) is 6.07 Å². The fourth-order valence-corrected chi connectivity index (χ4v) is 9.75. The van der Waals surface area contributed by atoms with Crippen molar-refractivity contribution < 1.29 is 4.42 Å². The predicted octanol–water partition coefficient (Wildman–Crippen LogP) is 18.1. The SMILES string of the molecule is CC(C)(C)c1cc(-c2cccc3cccc(-c4ccccc4N(c4ccc(-c5cccc6c5ccc5ccccc56)cc4)c4cccc5c4oc4ccccc45)c23)cc(C(C)(C)C)c1. The largest absolute Gasteiger partial charge is 0.454 e. The van der Waals surface area contributed by atoms with Gasteiger partial charge >= 0.3 is 0 Å². The highest BCUT2D eigenvalue weighted by atomic mass is 16.3. The summed E-state index contributed by atoms with van der Waals surface area (Å²) in [5, 5.41) is 9.69. The molecule has 0 bridgehead atoms. The number of anilines is 3. The van der Waals surface area contributed by atoms with Gasteiger partial charge in [0.15, 0.2) is 5.58 Å². The van der Waals surface area contributed by atoms with E-state index in [1.165, 1.54) is 71.3 Å². The van der Waals surface area contributed by atoms with E-state index < -0.39 is 0 Å². The van der Waals surface area contributed by atoms with Crippen LogP contribution in [-0.4, -0.2) is 0 Å². The summed E-state index contributed by atoms with van der Waals surface area (Å²) < 4.78 is 6.81. The van der Waals surface area contributed by atoms with Gasteiger partial charge in [0.2, 0.25) is 0 Å². The van der Waals surface area contributed by atoms with Gasteiger partial charge in [0, 0.05) is 22.0 Å². The lowest BCUT2D eigenvalue weighted by molar-refractivity contribution is 0.569. The minimum atomic E-state index is -0.00820. The minimum Gasteiger partial charge on any atom is -0.454 e. The number of fused-ring (bicyclic) bond motifs is 7. The first-order valence-corrected chi connectivity index (χ1v) is 22.5. The van der Waals surface area contributed by atoms with Crippen molar-refractivity contribution in [3.63, 3.8) is 0 Å². The Morgan fingerprint density at radius 3 is 1.69 bits per heavy atom. The second kappa shape index (κ2) is 15.1. The maximum absolute atomic E-state index is 6.81. The third kappa shape index (κ3) is 6.73. The molecule has 11 aromatic rings. The van der Waals surface area contributed by atoms with Gasteiger partial charge < -0.3 is 9.32 Å². The van der Waals surface area contributed by atoms with Crippen LogP contribution in [-0.2, 0) is 10.8 Å². The van der Waals surface area contributed by atoms with Crippen LogP contribution in [0.2, 0.25) is 0 Å². The fraction of sp³-hybridized carbons (Fsp3) is 0.129. The van der Waals surface area contributed by atoms with Gasteiger partial charge in [-0.3, -0.25) is 0 Å². The van der Waals surface area contributed by atoms with Gasteiger partial charge in [-0.25, -0.2) is 0 Å². The van der Waals surface area contributed by atoms with Gasteiger partial charge in [-0.15, -0.1) is 0 Å². The summed E-state index contributed by atoms with van der Waals surface area (Å²) in [5.41, 5.74) is 14.7. The molecule has 0 aliphatic carbocycles. The van der Waals surface area contributed by atoms with E-state index in [-0.39, 0.29) is 10.8 Å². The zero-order chi connectivity index (χ0) is 43.7. The van der Waals surface area contributed by atoms with Crippen LogP contribution in [0.5, 0.6) is 0 Å². The minimum absolute atomic E-state index is 0.00820. The van der Waals surface area contributed by atoms with Gasteiger partial charge in [0.25, 0.3) is 0 Å². The summed E-state index contributed by atoms with van der Waals surface area (Å²) in [6.07, 6.45) is 0. The molecule has 10 aromatic carbocycles. The Bertz CT molecular complexity index is 3540. The van der Waals surface area contributed by atoms with Crippen molar-refractivity contribution in [2.75, 3.05) is 4.90 Å². The van der Waals surface area contributed by atoms with Crippen LogP contribution in [0.15, 0.2) is 205 Å². The van der Waals surface area contributed by atoms with Crippen molar-refractivity contribution in [3.8, 4) is 33.4 Å². The first-order valence-electron chi connectivity index (χ1n) is 22.5. The Labute approximate surface area is 376 Å². The second-order valence-corrected chi connectivity index (χ2v) is 19.3. The van der Waals surface area contributed by atoms with Gasteiger partial charge in [0.1, 0.15) is 5.58 Å². The normalized spacial score (nSPS) is 12.2. The molecule has 1 aromatic heterocycles. The first-order chi connectivity index (χ1) is 31.0. The maximum atomic E-state index is 6.81. The molecule has 0 amide bonds.